The Bertz CT molecular complexity index is 675. The van der Waals surface area contributed by atoms with Crippen molar-refractivity contribution in [3.8, 4) is 0 Å². The molecule has 0 aliphatic heterocycles. The van der Waals surface area contributed by atoms with E-state index in [1.807, 2.05) is 4.90 Å². The van der Waals surface area contributed by atoms with E-state index >= 15 is 0 Å². The Morgan fingerprint density at radius 1 is 1.25 bits per heavy atom. The van der Waals surface area contributed by atoms with E-state index in [4.69, 9.17) is 10.2 Å². The first kappa shape index (κ1) is 16.7. The lowest BCUT2D eigenvalue weighted by molar-refractivity contribution is 0.0683. The summed E-state index contributed by atoms with van der Waals surface area (Å²) in [6.07, 6.45) is 6.59. The summed E-state index contributed by atoms with van der Waals surface area (Å²) < 4.78 is 18.3. The van der Waals surface area contributed by atoms with Crippen molar-refractivity contribution in [2.45, 2.75) is 44.7 Å². The predicted molar refractivity (Wildman–Crippen MR) is 90.0 cm³/mol. The summed E-state index contributed by atoms with van der Waals surface area (Å²) in [5.41, 5.74) is 7.15. The van der Waals surface area contributed by atoms with Crippen LogP contribution in [0.5, 0.6) is 0 Å². The van der Waals surface area contributed by atoms with E-state index in [0.717, 1.165) is 31.2 Å². The number of furan rings is 1. The van der Waals surface area contributed by atoms with Gasteiger partial charge in [0.05, 0.1) is 12.1 Å². The maximum Gasteiger partial charge on any atom is 0.257 e. The van der Waals surface area contributed by atoms with Crippen LogP contribution in [0.3, 0.4) is 0 Å². The molecule has 128 valence electrons. The minimum absolute atomic E-state index is 0.00698. The topological polar surface area (TPSA) is 59.5 Å². The molecule has 0 spiro atoms. The fourth-order valence-corrected chi connectivity index (χ4v) is 3.33. The Morgan fingerprint density at radius 3 is 2.58 bits per heavy atom. The van der Waals surface area contributed by atoms with Gasteiger partial charge in [0.15, 0.2) is 0 Å². The third-order valence-corrected chi connectivity index (χ3v) is 4.68. The van der Waals surface area contributed by atoms with E-state index in [1.165, 1.54) is 18.4 Å². The van der Waals surface area contributed by atoms with Crippen LogP contribution in [0.4, 0.5) is 4.39 Å². The van der Waals surface area contributed by atoms with Crippen molar-refractivity contribution in [1.29, 1.82) is 0 Å². The van der Waals surface area contributed by atoms with Gasteiger partial charge in [-0.05, 0) is 43.0 Å². The number of carbonyl (C=O) groups is 1. The quantitative estimate of drug-likeness (QED) is 0.882. The molecule has 0 unspecified atom stereocenters. The lowest BCUT2D eigenvalue weighted by atomic mass is 10.1. The second-order valence-corrected chi connectivity index (χ2v) is 6.32. The zero-order valence-corrected chi connectivity index (χ0v) is 13.7. The summed E-state index contributed by atoms with van der Waals surface area (Å²) in [5, 5.41) is 0. The molecule has 1 aliphatic carbocycles. The summed E-state index contributed by atoms with van der Waals surface area (Å²) in [6, 6.07) is 8.46. The van der Waals surface area contributed by atoms with E-state index in [-0.39, 0.29) is 24.3 Å². The molecule has 2 aromatic rings. The highest BCUT2D eigenvalue weighted by atomic mass is 19.1. The van der Waals surface area contributed by atoms with Crippen molar-refractivity contribution in [2.75, 3.05) is 6.54 Å². The molecule has 0 atom stereocenters. The van der Waals surface area contributed by atoms with Crippen molar-refractivity contribution in [2.24, 2.45) is 5.73 Å². The number of carbonyl (C=O) groups excluding carboxylic acids is 1. The second-order valence-electron chi connectivity index (χ2n) is 6.32. The Kier molecular flexibility index (Phi) is 5.30. The number of nitrogens with two attached hydrogens (primary N) is 1. The Morgan fingerprint density at radius 2 is 1.96 bits per heavy atom. The van der Waals surface area contributed by atoms with Gasteiger partial charge < -0.3 is 15.1 Å². The fourth-order valence-electron chi connectivity index (χ4n) is 3.33. The molecule has 1 aromatic carbocycles. The molecule has 4 nitrogen and oxygen atoms in total. The largest absolute Gasteiger partial charge is 0.467 e. The van der Waals surface area contributed by atoms with Crippen LogP contribution < -0.4 is 5.73 Å². The molecule has 24 heavy (non-hydrogen) atoms. The van der Waals surface area contributed by atoms with Crippen LogP contribution in [-0.2, 0) is 13.0 Å². The van der Waals surface area contributed by atoms with E-state index in [1.54, 1.807) is 18.2 Å². The Balaban J connectivity index is 1.72. The number of hydrogen-bond acceptors (Lipinski definition) is 3. The highest BCUT2D eigenvalue weighted by Crippen LogP contribution is 2.25. The summed E-state index contributed by atoms with van der Waals surface area (Å²) >= 11 is 0. The smallest absolute Gasteiger partial charge is 0.257 e. The summed E-state index contributed by atoms with van der Waals surface area (Å²) in [6.45, 7) is 0.907. The van der Waals surface area contributed by atoms with Crippen molar-refractivity contribution in [1.82, 2.24) is 4.90 Å². The lowest BCUT2D eigenvalue weighted by Gasteiger charge is -2.28. The molecular weight excluding hydrogens is 307 g/mol. The third kappa shape index (κ3) is 3.85. The van der Waals surface area contributed by atoms with E-state index < -0.39 is 0 Å². The van der Waals surface area contributed by atoms with Crippen molar-refractivity contribution >= 4 is 5.91 Å². The van der Waals surface area contributed by atoms with Gasteiger partial charge in [-0.3, -0.25) is 4.79 Å². The fraction of sp³-hybridized carbons (Fsp3) is 0.421. The maximum atomic E-state index is 13.0. The molecule has 1 fully saturated rings. The summed E-state index contributed by atoms with van der Waals surface area (Å²) in [4.78, 5) is 14.8. The monoisotopic (exact) mass is 330 g/mol. The zero-order valence-electron chi connectivity index (χ0n) is 13.7. The minimum Gasteiger partial charge on any atom is -0.467 e. The molecule has 1 aliphatic rings. The molecule has 3 rings (SSSR count). The molecule has 1 aromatic heterocycles. The van der Waals surface area contributed by atoms with Gasteiger partial charge >= 0.3 is 0 Å². The first-order valence-corrected chi connectivity index (χ1v) is 8.50. The van der Waals surface area contributed by atoms with Crippen molar-refractivity contribution in [3.63, 3.8) is 0 Å². The molecule has 0 saturated heterocycles. The van der Waals surface area contributed by atoms with Crippen LogP contribution in [0.15, 0.2) is 41.0 Å². The van der Waals surface area contributed by atoms with Crippen LogP contribution >= 0.6 is 0 Å². The molecule has 0 radical (unpaired) electrons. The number of amides is 1. The van der Waals surface area contributed by atoms with E-state index in [2.05, 4.69) is 0 Å². The molecule has 0 bridgehead atoms. The number of rotatable bonds is 6. The van der Waals surface area contributed by atoms with Gasteiger partial charge in [0.25, 0.3) is 5.91 Å². The molecule has 5 heteroatoms. The molecular formula is C19H23FN2O2. The molecule has 1 amide bonds. The normalized spacial score (nSPS) is 14.9. The summed E-state index contributed by atoms with van der Waals surface area (Å²) in [7, 11) is 0. The van der Waals surface area contributed by atoms with Crippen molar-refractivity contribution < 1.29 is 13.6 Å². The number of benzene rings is 1. The van der Waals surface area contributed by atoms with Crippen molar-refractivity contribution in [3.05, 3.63) is 59.3 Å². The first-order chi connectivity index (χ1) is 11.7. The van der Waals surface area contributed by atoms with Crippen LogP contribution in [0.1, 0.15) is 47.4 Å². The molecule has 1 heterocycles. The van der Waals surface area contributed by atoms with Gasteiger partial charge in [0, 0.05) is 12.6 Å². The third-order valence-electron chi connectivity index (χ3n) is 4.68. The standard InChI is InChI=1S/C19H23FN2O2/c20-16-7-5-14(6-8-16)9-10-22(17-3-1-2-4-17)19(23)15-11-18(12-21)24-13-15/h5-8,11,13,17H,1-4,9-10,12,21H2. The maximum absolute atomic E-state index is 13.0. The van der Waals surface area contributed by atoms with Gasteiger partial charge in [-0.2, -0.15) is 0 Å². The van der Waals surface area contributed by atoms with Gasteiger partial charge in [0.2, 0.25) is 0 Å². The Labute approximate surface area is 141 Å². The highest BCUT2D eigenvalue weighted by molar-refractivity contribution is 5.94. The van der Waals surface area contributed by atoms with Crippen LogP contribution in [0.25, 0.3) is 0 Å². The Hall–Kier alpha value is -2.14. The second kappa shape index (κ2) is 7.62. The number of halogens is 1. The van der Waals surface area contributed by atoms with Crippen LogP contribution in [0, 0.1) is 5.82 Å². The van der Waals surface area contributed by atoms with Gasteiger partial charge in [0.1, 0.15) is 17.8 Å². The van der Waals surface area contributed by atoms with Crippen LogP contribution in [-0.4, -0.2) is 23.4 Å². The van der Waals surface area contributed by atoms with E-state index in [9.17, 15) is 9.18 Å². The number of nitrogens with zero attached hydrogens (tertiary/aromatic N) is 1. The number of hydrogen-bond donors (Lipinski definition) is 1. The average molecular weight is 330 g/mol. The van der Waals surface area contributed by atoms with Gasteiger partial charge in [-0.25, -0.2) is 4.39 Å². The highest BCUT2D eigenvalue weighted by Gasteiger charge is 2.28. The molecule has 2 N–H and O–H groups in total. The summed E-state index contributed by atoms with van der Waals surface area (Å²) in [5.74, 6) is 0.367. The zero-order chi connectivity index (χ0) is 16.9. The van der Waals surface area contributed by atoms with Crippen LogP contribution in [0.2, 0.25) is 0 Å². The molecule has 1 saturated carbocycles. The van der Waals surface area contributed by atoms with E-state index in [0.29, 0.717) is 24.3 Å². The minimum atomic E-state index is -0.241. The van der Waals surface area contributed by atoms with Gasteiger partial charge in [-0.15, -0.1) is 0 Å². The SMILES string of the molecule is NCc1cc(C(=O)N(CCc2ccc(F)cc2)C2CCCC2)co1. The average Bonchev–Trinajstić information content (AvgIpc) is 3.28. The predicted octanol–water partition coefficient (Wildman–Crippen LogP) is 3.50. The lowest BCUT2D eigenvalue weighted by Crippen LogP contribution is -2.40. The van der Waals surface area contributed by atoms with Gasteiger partial charge in [-0.1, -0.05) is 25.0 Å². The first-order valence-electron chi connectivity index (χ1n) is 8.50.